The molecule has 2 aromatic rings. The van der Waals surface area contributed by atoms with Gasteiger partial charge in [-0.05, 0) is 30.7 Å². The lowest BCUT2D eigenvalue weighted by atomic mass is 10.2. The number of carbonyl (C=O) groups is 1. The van der Waals surface area contributed by atoms with Gasteiger partial charge in [-0.2, -0.15) is 0 Å². The van der Waals surface area contributed by atoms with E-state index in [1.807, 2.05) is 30.3 Å². The summed E-state index contributed by atoms with van der Waals surface area (Å²) < 4.78 is 4.80. The highest BCUT2D eigenvalue weighted by Gasteiger charge is 2.11. The van der Waals surface area contributed by atoms with Crippen LogP contribution in [0.5, 0.6) is 0 Å². The molecule has 1 aromatic carbocycles. The summed E-state index contributed by atoms with van der Waals surface area (Å²) in [7, 11) is 0. The Morgan fingerprint density at radius 2 is 2.32 bits per heavy atom. The molecule has 2 rings (SSSR count). The lowest BCUT2D eigenvalue weighted by Crippen LogP contribution is -2.06. The standard InChI is InChI=1S/C13H14N4O2/c1-2-19-13(18)12-15-11(16-17-12)7-6-9-4-3-5-10(14)8-9/h3-8H,2,14H2,1H3,(H,15,16,17)/b7-6+. The molecule has 0 fully saturated rings. The van der Waals surface area contributed by atoms with Crippen molar-refractivity contribution >= 4 is 23.8 Å². The number of ether oxygens (including phenoxy) is 1. The molecular formula is C13H14N4O2. The van der Waals surface area contributed by atoms with Gasteiger partial charge in [-0.3, -0.25) is 5.10 Å². The number of esters is 1. The van der Waals surface area contributed by atoms with Crippen molar-refractivity contribution in [2.24, 2.45) is 0 Å². The number of carbonyl (C=O) groups excluding carboxylic acids is 1. The van der Waals surface area contributed by atoms with Gasteiger partial charge in [-0.1, -0.05) is 18.2 Å². The van der Waals surface area contributed by atoms with Crippen LogP contribution in [0.25, 0.3) is 12.2 Å². The molecule has 98 valence electrons. The van der Waals surface area contributed by atoms with Gasteiger partial charge in [-0.15, -0.1) is 5.10 Å². The molecule has 0 bridgehead atoms. The Labute approximate surface area is 110 Å². The second kappa shape index (κ2) is 5.81. The number of hydrogen-bond acceptors (Lipinski definition) is 5. The molecule has 6 heteroatoms. The van der Waals surface area contributed by atoms with E-state index in [4.69, 9.17) is 10.5 Å². The number of aromatic nitrogens is 3. The lowest BCUT2D eigenvalue weighted by Gasteiger charge is -1.94. The SMILES string of the molecule is CCOC(=O)c1n[nH]c(/C=C/c2cccc(N)c2)n1. The third-order valence-electron chi connectivity index (χ3n) is 2.31. The number of H-pyrrole nitrogens is 1. The van der Waals surface area contributed by atoms with Gasteiger partial charge in [-0.25, -0.2) is 9.78 Å². The summed E-state index contributed by atoms with van der Waals surface area (Å²) in [5.74, 6) is -0.0399. The molecule has 19 heavy (non-hydrogen) atoms. The van der Waals surface area contributed by atoms with Crippen molar-refractivity contribution in [2.45, 2.75) is 6.92 Å². The van der Waals surface area contributed by atoms with Crippen LogP contribution < -0.4 is 5.73 Å². The van der Waals surface area contributed by atoms with Crippen molar-refractivity contribution in [1.29, 1.82) is 0 Å². The van der Waals surface area contributed by atoms with Crippen molar-refractivity contribution in [3.05, 3.63) is 41.5 Å². The van der Waals surface area contributed by atoms with Gasteiger partial charge in [0.25, 0.3) is 5.82 Å². The highest BCUT2D eigenvalue weighted by atomic mass is 16.5. The van der Waals surface area contributed by atoms with Crippen LogP contribution in [0.1, 0.15) is 28.9 Å². The first-order valence-corrected chi connectivity index (χ1v) is 5.82. The smallest absolute Gasteiger partial charge is 0.378 e. The molecule has 1 aromatic heterocycles. The minimum Gasteiger partial charge on any atom is -0.460 e. The number of aromatic amines is 1. The zero-order valence-electron chi connectivity index (χ0n) is 10.5. The molecule has 0 aliphatic rings. The minimum atomic E-state index is -0.539. The van der Waals surface area contributed by atoms with Crippen LogP contribution >= 0.6 is 0 Å². The molecule has 0 spiro atoms. The van der Waals surface area contributed by atoms with Crippen molar-refractivity contribution in [1.82, 2.24) is 15.2 Å². The highest BCUT2D eigenvalue weighted by Crippen LogP contribution is 2.09. The van der Waals surface area contributed by atoms with E-state index in [0.29, 0.717) is 18.1 Å². The van der Waals surface area contributed by atoms with Gasteiger partial charge in [0.1, 0.15) is 5.82 Å². The van der Waals surface area contributed by atoms with Crippen LogP contribution in [0.3, 0.4) is 0 Å². The summed E-state index contributed by atoms with van der Waals surface area (Å²) >= 11 is 0. The van der Waals surface area contributed by atoms with Crippen LogP contribution in [0.15, 0.2) is 24.3 Å². The van der Waals surface area contributed by atoms with Crippen LogP contribution in [0.2, 0.25) is 0 Å². The minimum absolute atomic E-state index is 0.0223. The second-order valence-corrected chi connectivity index (χ2v) is 3.77. The zero-order valence-corrected chi connectivity index (χ0v) is 10.5. The maximum absolute atomic E-state index is 11.4. The first-order valence-electron chi connectivity index (χ1n) is 5.82. The predicted octanol–water partition coefficient (Wildman–Crippen LogP) is 1.73. The van der Waals surface area contributed by atoms with Gasteiger partial charge < -0.3 is 10.5 Å². The van der Waals surface area contributed by atoms with E-state index in [-0.39, 0.29) is 5.82 Å². The first kappa shape index (κ1) is 12.8. The summed E-state index contributed by atoms with van der Waals surface area (Å²) in [6.45, 7) is 2.02. The second-order valence-electron chi connectivity index (χ2n) is 3.77. The highest BCUT2D eigenvalue weighted by molar-refractivity contribution is 5.85. The molecule has 0 unspecified atom stereocenters. The Morgan fingerprint density at radius 1 is 1.47 bits per heavy atom. The van der Waals surface area contributed by atoms with Crippen LogP contribution in [-0.4, -0.2) is 27.8 Å². The Kier molecular flexibility index (Phi) is 3.92. The number of benzene rings is 1. The van der Waals surface area contributed by atoms with Crippen LogP contribution in [0.4, 0.5) is 5.69 Å². The first-order chi connectivity index (χ1) is 9.19. The number of nitrogen functional groups attached to an aromatic ring is 1. The van der Waals surface area contributed by atoms with Gasteiger partial charge in [0, 0.05) is 5.69 Å². The summed E-state index contributed by atoms with van der Waals surface area (Å²) in [5, 5.41) is 6.43. The summed E-state index contributed by atoms with van der Waals surface area (Å²) in [6, 6.07) is 7.42. The maximum atomic E-state index is 11.4. The fourth-order valence-corrected chi connectivity index (χ4v) is 1.47. The molecular weight excluding hydrogens is 244 g/mol. The van der Waals surface area contributed by atoms with Crippen molar-refractivity contribution in [3.8, 4) is 0 Å². The third-order valence-corrected chi connectivity index (χ3v) is 2.31. The number of nitrogens with two attached hydrogens (primary N) is 1. The van der Waals surface area contributed by atoms with E-state index in [2.05, 4.69) is 15.2 Å². The van der Waals surface area contributed by atoms with E-state index in [0.717, 1.165) is 5.56 Å². The number of rotatable bonds is 4. The fourth-order valence-electron chi connectivity index (χ4n) is 1.47. The molecule has 0 amide bonds. The summed E-state index contributed by atoms with van der Waals surface area (Å²) in [4.78, 5) is 15.4. The molecule has 0 saturated carbocycles. The third kappa shape index (κ3) is 3.41. The number of anilines is 1. The van der Waals surface area contributed by atoms with Gasteiger partial charge in [0.2, 0.25) is 0 Å². The molecule has 0 radical (unpaired) electrons. The fraction of sp³-hybridized carbons (Fsp3) is 0.154. The monoisotopic (exact) mass is 258 g/mol. The van der Waals surface area contributed by atoms with Crippen LogP contribution in [-0.2, 0) is 4.74 Å². The number of nitrogens with zero attached hydrogens (tertiary/aromatic N) is 2. The molecule has 6 nitrogen and oxygen atoms in total. The Balaban J connectivity index is 2.09. The molecule has 0 saturated heterocycles. The summed E-state index contributed by atoms with van der Waals surface area (Å²) in [6.07, 6.45) is 3.54. The molecule has 0 atom stereocenters. The van der Waals surface area contributed by atoms with Crippen LogP contribution in [0, 0.1) is 0 Å². The van der Waals surface area contributed by atoms with E-state index in [1.165, 1.54) is 0 Å². The number of hydrogen-bond donors (Lipinski definition) is 2. The van der Waals surface area contributed by atoms with Gasteiger partial charge in [0.05, 0.1) is 6.61 Å². The molecule has 0 aliphatic heterocycles. The molecule has 1 heterocycles. The van der Waals surface area contributed by atoms with Crippen molar-refractivity contribution in [3.63, 3.8) is 0 Å². The predicted molar refractivity (Wildman–Crippen MR) is 72.1 cm³/mol. The van der Waals surface area contributed by atoms with E-state index in [1.54, 1.807) is 13.0 Å². The van der Waals surface area contributed by atoms with E-state index in [9.17, 15) is 4.79 Å². The number of nitrogens with one attached hydrogen (secondary N) is 1. The summed E-state index contributed by atoms with van der Waals surface area (Å²) in [5.41, 5.74) is 7.30. The average molecular weight is 258 g/mol. The maximum Gasteiger partial charge on any atom is 0.378 e. The average Bonchev–Trinajstić information content (AvgIpc) is 2.86. The quantitative estimate of drug-likeness (QED) is 0.643. The molecule has 3 N–H and O–H groups in total. The van der Waals surface area contributed by atoms with Gasteiger partial charge in [0.15, 0.2) is 0 Å². The van der Waals surface area contributed by atoms with E-state index >= 15 is 0 Å². The van der Waals surface area contributed by atoms with Crippen molar-refractivity contribution < 1.29 is 9.53 Å². The van der Waals surface area contributed by atoms with Crippen molar-refractivity contribution in [2.75, 3.05) is 12.3 Å². The van der Waals surface area contributed by atoms with Gasteiger partial charge >= 0.3 is 5.97 Å². The Hall–Kier alpha value is -2.63. The topological polar surface area (TPSA) is 93.9 Å². The van der Waals surface area contributed by atoms with E-state index < -0.39 is 5.97 Å². The Bertz CT molecular complexity index is 604. The zero-order chi connectivity index (χ0) is 13.7. The lowest BCUT2D eigenvalue weighted by molar-refractivity contribution is 0.0512. The largest absolute Gasteiger partial charge is 0.460 e. The Morgan fingerprint density at radius 3 is 3.05 bits per heavy atom. The normalized spacial score (nSPS) is 10.8. The molecule has 0 aliphatic carbocycles.